The van der Waals surface area contributed by atoms with Gasteiger partial charge in [-0.25, -0.2) is 0 Å². The van der Waals surface area contributed by atoms with Gasteiger partial charge in [-0.1, -0.05) is 71.4 Å². The molecule has 0 radical (unpaired) electrons. The smallest absolute Gasteiger partial charge is 0.266 e. The lowest BCUT2D eigenvalue weighted by atomic mass is 10.1. The van der Waals surface area contributed by atoms with Crippen LogP contribution in [0.1, 0.15) is 16.9 Å². The first-order valence-electron chi connectivity index (χ1n) is 9.93. The summed E-state index contributed by atoms with van der Waals surface area (Å²) in [7, 11) is 0. The van der Waals surface area contributed by atoms with Crippen molar-refractivity contribution in [3.63, 3.8) is 0 Å². The van der Waals surface area contributed by atoms with E-state index in [0.717, 1.165) is 28.5 Å². The number of nitrogens with one attached hydrogen (secondary N) is 1. The molecule has 0 unspecified atom stereocenters. The molecule has 3 aromatic rings. The van der Waals surface area contributed by atoms with Gasteiger partial charge in [-0.3, -0.25) is 14.5 Å². The topological polar surface area (TPSA) is 62.6 Å². The Bertz CT molecular complexity index is 1290. The van der Waals surface area contributed by atoms with Crippen molar-refractivity contribution in [2.75, 3.05) is 6.54 Å². The Morgan fingerprint density at radius 2 is 1.94 bits per heavy atom. The Hall–Kier alpha value is -2.58. The summed E-state index contributed by atoms with van der Waals surface area (Å²) in [6.07, 6.45) is 1.62. The molecular weight excluding hydrogens is 499 g/mol. The number of thiocarbonyl (C=S) groups is 1. The van der Waals surface area contributed by atoms with Crippen LogP contribution in [0.25, 0.3) is 17.4 Å². The molecule has 2 aromatic carbocycles. The van der Waals surface area contributed by atoms with Gasteiger partial charge in [-0.05, 0) is 48.4 Å². The van der Waals surface area contributed by atoms with Crippen LogP contribution in [0.3, 0.4) is 0 Å². The molecule has 0 atom stereocenters. The number of furan rings is 1. The highest BCUT2D eigenvalue weighted by atomic mass is 35.5. The molecule has 9 heteroatoms. The number of amides is 2. The van der Waals surface area contributed by atoms with Crippen LogP contribution in [-0.2, 0) is 16.1 Å². The predicted molar refractivity (Wildman–Crippen MR) is 137 cm³/mol. The van der Waals surface area contributed by atoms with Crippen molar-refractivity contribution in [1.29, 1.82) is 0 Å². The van der Waals surface area contributed by atoms with Crippen molar-refractivity contribution in [3.05, 3.63) is 86.4 Å². The zero-order chi connectivity index (χ0) is 23.5. The number of halogens is 2. The van der Waals surface area contributed by atoms with Gasteiger partial charge >= 0.3 is 0 Å². The quantitative estimate of drug-likeness (QED) is 0.317. The summed E-state index contributed by atoms with van der Waals surface area (Å²) >= 11 is 18.7. The lowest BCUT2D eigenvalue weighted by Crippen LogP contribution is -2.39. The standard InChI is InChI=1S/C24H18Cl2N2O3S2/c1-14-10-15(6-8-18(14)25)12-27-22(29)13-28-23(30)21(33-24(28)32)11-16-7-9-20(31-16)17-4-2-3-5-19(17)26/h2-11H,12-13H2,1H3,(H,27,29)/b21-11-. The minimum Gasteiger partial charge on any atom is -0.457 e. The molecule has 1 N–H and O–H groups in total. The third-order valence-electron chi connectivity index (χ3n) is 4.93. The highest BCUT2D eigenvalue weighted by Gasteiger charge is 2.33. The average Bonchev–Trinajstić information content (AvgIpc) is 3.35. The highest BCUT2D eigenvalue weighted by molar-refractivity contribution is 8.26. The van der Waals surface area contributed by atoms with Crippen molar-refractivity contribution in [3.8, 4) is 11.3 Å². The Kier molecular flexibility index (Phi) is 7.24. The molecule has 0 saturated carbocycles. The van der Waals surface area contributed by atoms with E-state index in [1.54, 1.807) is 30.3 Å². The molecule has 1 aromatic heterocycles. The maximum absolute atomic E-state index is 12.8. The summed E-state index contributed by atoms with van der Waals surface area (Å²) in [5, 5.41) is 4.05. The fraction of sp³-hybridized carbons (Fsp3) is 0.125. The van der Waals surface area contributed by atoms with Crippen LogP contribution in [0, 0.1) is 6.92 Å². The number of benzene rings is 2. The lowest BCUT2D eigenvalue weighted by Gasteiger charge is -2.14. The maximum atomic E-state index is 12.8. The Morgan fingerprint density at radius 1 is 1.15 bits per heavy atom. The van der Waals surface area contributed by atoms with Crippen LogP contribution in [0.2, 0.25) is 10.0 Å². The van der Waals surface area contributed by atoms with E-state index in [0.29, 0.717) is 37.3 Å². The van der Waals surface area contributed by atoms with Gasteiger partial charge in [0.05, 0.1) is 9.93 Å². The molecule has 0 bridgehead atoms. The van der Waals surface area contributed by atoms with E-state index in [9.17, 15) is 9.59 Å². The van der Waals surface area contributed by atoms with Gasteiger partial charge < -0.3 is 9.73 Å². The largest absolute Gasteiger partial charge is 0.457 e. The van der Waals surface area contributed by atoms with Gasteiger partial charge in [-0.2, -0.15) is 0 Å². The SMILES string of the molecule is Cc1cc(CNC(=O)CN2C(=O)/C(=C/c3ccc(-c4ccccc4Cl)o3)SC2=S)ccc1Cl. The fourth-order valence-corrected chi connectivity index (χ4v) is 4.80. The summed E-state index contributed by atoms with van der Waals surface area (Å²) in [6, 6.07) is 16.4. The number of nitrogens with zero attached hydrogens (tertiary/aromatic N) is 1. The van der Waals surface area contributed by atoms with Crippen LogP contribution in [0.15, 0.2) is 63.9 Å². The van der Waals surface area contributed by atoms with Gasteiger partial charge in [0.15, 0.2) is 0 Å². The summed E-state index contributed by atoms with van der Waals surface area (Å²) in [6.45, 7) is 2.08. The van der Waals surface area contributed by atoms with Crippen molar-refractivity contribution < 1.29 is 14.0 Å². The van der Waals surface area contributed by atoms with E-state index in [2.05, 4.69) is 5.32 Å². The lowest BCUT2D eigenvalue weighted by molar-refractivity contribution is -0.128. The first kappa shape index (κ1) is 23.6. The van der Waals surface area contributed by atoms with E-state index < -0.39 is 0 Å². The van der Waals surface area contributed by atoms with Gasteiger partial charge in [0.1, 0.15) is 22.4 Å². The number of hydrogen-bond acceptors (Lipinski definition) is 5. The van der Waals surface area contributed by atoms with E-state index in [1.807, 2.05) is 37.3 Å². The molecule has 1 fully saturated rings. The zero-order valence-corrected chi connectivity index (χ0v) is 20.6. The number of hydrogen-bond donors (Lipinski definition) is 1. The second kappa shape index (κ2) is 10.1. The maximum Gasteiger partial charge on any atom is 0.266 e. The molecular formula is C24H18Cl2N2O3S2. The van der Waals surface area contributed by atoms with Crippen molar-refractivity contribution in [1.82, 2.24) is 10.2 Å². The molecule has 5 nitrogen and oxygen atoms in total. The van der Waals surface area contributed by atoms with Crippen LogP contribution >= 0.6 is 47.2 Å². The van der Waals surface area contributed by atoms with Crippen LogP contribution in [0.5, 0.6) is 0 Å². The predicted octanol–water partition coefficient (Wildman–Crippen LogP) is 6.08. The van der Waals surface area contributed by atoms with Crippen molar-refractivity contribution >= 4 is 69.4 Å². The molecule has 1 saturated heterocycles. The molecule has 1 aliphatic rings. The minimum absolute atomic E-state index is 0.155. The zero-order valence-electron chi connectivity index (χ0n) is 17.4. The molecule has 0 spiro atoms. The van der Waals surface area contributed by atoms with Gasteiger partial charge in [0.2, 0.25) is 5.91 Å². The summed E-state index contributed by atoms with van der Waals surface area (Å²) < 4.78 is 6.16. The molecule has 1 aliphatic heterocycles. The summed E-state index contributed by atoms with van der Waals surface area (Å²) in [5.41, 5.74) is 2.61. The molecule has 4 rings (SSSR count). The summed E-state index contributed by atoms with van der Waals surface area (Å²) in [4.78, 5) is 26.9. The minimum atomic E-state index is -0.335. The third-order valence-corrected chi connectivity index (χ3v) is 7.06. The van der Waals surface area contributed by atoms with Crippen molar-refractivity contribution in [2.24, 2.45) is 0 Å². The van der Waals surface area contributed by atoms with E-state index in [-0.39, 0.29) is 18.4 Å². The summed E-state index contributed by atoms with van der Waals surface area (Å²) in [5.74, 6) is 0.449. The molecule has 168 valence electrons. The molecule has 0 aliphatic carbocycles. The first-order chi connectivity index (χ1) is 15.8. The van der Waals surface area contributed by atoms with E-state index in [4.69, 9.17) is 39.8 Å². The van der Waals surface area contributed by atoms with Crippen LogP contribution in [-0.4, -0.2) is 27.6 Å². The Labute approximate surface area is 210 Å². The number of carbonyl (C=O) groups is 2. The Morgan fingerprint density at radius 3 is 2.70 bits per heavy atom. The molecule has 2 amide bonds. The molecule has 2 heterocycles. The number of aryl methyl sites for hydroxylation is 1. The van der Waals surface area contributed by atoms with Crippen LogP contribution in [0.4, 0.5) is 0 Å². The average molecular weight is 517 g/mol. The number of carbonyl (C=O) groups excluding carboxylic acids is 2. The van der Waals surface area contributed by atoms with Gasteiger partial charge in [0, 0.05) is 23.2 Å². The normalized spacial score (nSPS) is 14.9. The highest BCUT2D eigenvalue weighted by Crippen LogP contribution is 2.34. The second-order valence-corrected chi connectivity index (χ2v) is 9.80. The number of rotatable bonds is 6. The fourth-order valence-electron chi connectivity index (χ4n) is 3.22. The Balaban J connectivity index is 1.40. The van der Waals surface area contributed by atoms with Gasteiger partial charge in [-0.15, -0.1) is 0 Å². The third kappa shape index (κ3) is 5.50. The number of thioether (sulfide) groups is 1. The van der Waals surface area contributed by atoms with E-state index >= 15 is 0 Å². The van der Waals surface area contributed by atoms with Crippen molar-refractivity contribution in [2.45, 2.75) is 13.5 Å². The second-order valence-electron chi connectivity index (χ2n) is 7.31. The van der Waals surface area contributed by atoms with Crippen LogP contribution < -0.4 is 5.32 Å². The molecule has 33 heavy (non-hydrogen) atoms. The first-order valence-corrected chi connectivity index (χ1v) is 11.9. The monoisotopic (exact) mass is 516 g/mol. The van der Waals surface area contributed by atoms with E-state index in [1.165, 1.54) is 4.90 Å². The van der Waals surface area contributed by atoms with Gasteiger partial charge in [0.25, 0.3) is 5.91 Å².